The average Bonchev–Trinajstić information content (AvgIpc) is 2.98. The second kappa shape index (κ2) is 4.18. The van der Waals surface area contributed by atoms with Crippen molar-refractivity contribution in [2.24, 2.45) is 0 Å². The smallest absolute Gasteiger partial charge is 0.255 e. The summed E-state index contributed by atoms with van der Waals surface area (Å²) in [5.74, 6) is 0.431. The number of carbonyl (C=O) groups is 1. The fraction of sp³-hybridized carbons (Fsp3) is 0.333. The minimum Gasteiger partial charge on any atom is -0.368 e. The average molecular weight is 231 g/mol. The molecule has 3 heterocycles. The molecule has 0 spiro atoms. The maximum atomic E-state index is 11.9. The summed E-state index contributed by atoms with van der Waals surface area (Å²) in [4.78, 5) is 16.0. The number of aromatic nitrogens is 2. The largest absolute Gasteiger partial charge is 0.368 e. The third-order valence-corrected chi connectivity index (χ3v) is 2.90. The van der Waals surface area contributed by atoms with Crippen LogP contribution in [-0.2, 0) is 9.53 Å². The number of pyridine rings is 1. The quantitative estimate of drug-likeness (QED) is 0.851. The molecule has 1 unspecified atom stereocenters. The minimum absolute atomic E-state index is 0.112. The van der Waals surface area contributed by atoms with E-state index < -0.39 is 0 Å². The topological polar surface area (TPSA) is 55.6 Å². The third-order valence-electron chi connectivity index (χ3n) is 2.90. The molecule has 5 heteroatoms. The number of rotatable bonds is 2. The second-order valence-electron chi connectivity index (χ2n) is 4.07. The molecule has 0 radical (unpaired) electrons. The van der Waals surface area contributed by atoms with Crippen LogP contribution in [0.5, 0.6) is 0 Å². The van der Waals surface area contributed by atoms with Crippen molar-refractivity contribution in [3.05, 3.63) is 30.6 Å². The first-order valence-electron chi connectivity index (χ1n) is 5.69. The van der Waals surface area contributed by atoms with Gasteiger partial charge in [0.2, 0.25) is 5.95 Å². The van der Waals surface area contributed by atoms with Gasteiger partial charge in [-0.25, -0.2) is 4.98 Å². The van der Waals surface area contributed by atoms with Gasteiger partial charge in [-0.15, -0.1) is 0 Å². The Morgan fingerprint density at radius 2 is 2.47 bits per heavy atom. The zero-order valence-electron chi connectivity index (χ0n) is 9.30. The van der Waals surface area contributed by atoms with Gasteiger partial charge in [0.15, 0.2) is 0 Å². The van der Waals surface area contributed by atoms with Gasteiger partial charge < -0.3 is 4.74 Å². The molecular weight excluding hydrogens is 218 g/mol. The first kappa shape index (κ1) is 10.3. The highest BCUT2D eigenvalue weighted by molar-refractivity contribution is 5.93. The maximum Gasteiger partial charge on any atom is 0.255 e. The van der Waals surface area contributed by atoms with Crippen molar-refractivity contribution in [2.45, 2.75) is 18.9 Å². The van der Waals surface area contributed by atoms with Crippen LogP contribution in [0.2, 0.25) is 0 Å². The van der Waals surface area contributed by atoms with Gasteiger partial charge in [0.25, 0.3) is 5.91 Å². The number of carbonyl (C=O) groups excluding carboxylic acids is 1. The van der Waals surface area contributed by atoms with E-state index in [-0.39, 0.29) is 12.0 Å². The first-order chi connectivity index (χ1) is 8.34. The lowest BCUT2D eigenvalue weighted by Crippen LogP contribution is -2.27. The van der Waals surface area contributed by atoms with Gasteiger partial charge in [0, 0.05) is 12.8 Å². The Bertz CT molecular complexity index is 543. The highest BCUT2D eigenvalue weighted by Gasteiger charge is 2.24. The fourth-order valence-corrected chi connectivity index (χ4v) is 2.01. The van der Waals surface area contributed by atoms with Crippen molar-refractivity contribution in [2.75, 3.05) is 11.9 Å². The van der Waals surface area contributed by atoms with Gasteiger partial charge in [-0.3, -0.25) is 14.5 Å². The van der Waals surface area contributed by atoms with Crippen molar-refractivity contribution >= 4 is 17.4 Å². The van der Waals surface area contributed by atoms with E-state index >= 15 is 0 Å². The molecule has 2 aromatic heterocycles. The number of imidazole rings is 1. The number of amides is 1. The predicted octanol–water partition coefficient (Wildman–Crippen LogP) is 1.45. The van der Waals surface area contributed by atoms with Crippen LogP contribution in [0.15, 0.2) is 30.6 Å². The number of hydrogen-bond acceptors (Lipinski definition) is 3. The summed E-state index contributed by atoms with van der Waals surface area (Å²) >= 11 is 0. The van der Waals surface area contributed by atoms with E-state index in [2.05, 4.69) is 10.3 Å². The summed E-state index contributed by atoms with van der Waals surface area (Å²) in [6, 6.07) is 5.77. The van der Waals surface area contributed by atoms with Gasteiger partial charge >= 0.3 is 0 Å². The molecule has 1 aliphatic heterocycles. The van der Waals surface area contributed by atoms with Crippen molar-refractivity contribution in [3.8, 4) is 0 Å². The summed E-state index contributed by atoms with van der Waals surface area (Å²) < 4.78 is 7.17. The SMILES string of the molecule is O=C(Nc1ncc2ccccn12)C1CCCO1. The summed E-state index contributed by atoms with van der Waals surface area (Å²) in [5.41, 5.74) is 0.954. The Hall–Kier alpha value is -1.88. The Morgan fingerprint density at radius 3 is 3.29 bits per heavy atom. The molecule has 0 aromatic carbocycles. The van der Waals surface area contributed by atoms with Crippen LogP contribution < -0.4 is 5.32 Å². The van der Waals surface area contributed by atoms with Crippen LogP contribution in [0.25, 0.3) is 5.52 Å². The van der Waals surface area contributed by atoms with Crippen molar-refractivity contribution in [1.29, 1.82) is 0 Å². The molecule has 0 aliphatic carbocycles. The van der Waals surface area contributed by atoms with E-state index in [1.807, 2.05) is 28.8 Å². The summed E-state index contributed by atoms with van der Waals surface area (Å²) in [6.07, 6.45) is 5.00. The zero-order chi connectivity index (χ0) is 11.7. The third kappa shape index (κ3) is 1.89. The maximum absolute atomic E-state index is 11.9. The molecule has 17 heavy (non-hydrogen) atoms. The molecule has 2 aromatic rings. The van der Waals surface area contributed by atoms with Gasteiger partial charge in [-0.2, -0.15) is 0 Å². The predicted molar refractivity (Wildman–Crippen MR) is 62.8 cm³/mol. The van der Waals surface area contributed by atoms with E-state index in [1.54, 1.807) is 6.20 Å². The lowest BCUT2D eigenvalue weighted by molar-refractivity contribution is -0.124. The van der Waals surface area contributed by atoms with Gasteiger partial charge in [-0.05, 0) is 25.0 Å². The molecule has 1 aliphatic rings. The Balaban J connectivity index is 1.82. The summed E-state index contributed by atoms with van der Waals surface area (Å²) in [6.45, 7) is 0.667. The number of nitrogens with one attached hydrogen (secondary N) is 1. The molecule has 3 rings (SSSR count). The van der Waals surface area contributed by atoms with E-state index in [0.717, 1.165) is 18.4 Å². The zero-order valence-corrected chi connectivity index (χ0v) is 9.30. The second-order valence-corrected chi connectivity index (χ2v) is 4.07. The van der Waals surface area contributed by atoms with E-state index in [4.69, 9.17) is 4.74 Å². The van der Waals surface area contributed by atoms with Gasteiger partial charge in [0.05, 0.1) is 11.7 Å². The van der Waals surface area contributed by atoms with Crippen LogP contribution in [0.4, 0.5) is 5.95 Å². The van der Waals surface area contributed by atoms with Crippen LogP contribution >= 0.6 is 0 Å². The number of nitrogens with zero attached hydrogens (tertiary/aromatic N) is 2. The Kier molecular flexibility index (Phi) is 2.53. The fourth-order valence-electron chi connectivity index (χ4n) is 2.01. The lowest BCUT2D eigenvalue weighted by atomic mass is 10.2. The molecule has 1 N–H and O–H groups in total. The summed E-state index contributed by atoms with van der Waals surface area (Å²) in [5, 5.41) is 2.79. The highest BCUT2D eigenvalue weighted by atomic mass is 16.5. The molecule has 88 valence electrons. The van der Waals surface area contributed by atoms with Crippen LogP contribution in [-0.4, -0.2) is 28.0 Å². The molecule has 1 atom stereocenters. The molecule has 0 bridgehead atoms. The van der Waals surface area contributed by atoms with E-state index in [9.17, 15) is 4.79 Å². The molecular formula is C12H13N3O2. The monoisotopic (exact) mass is 231 g/mol. The van der Waals surface area contributed by atoms with Crippen LogP contribution in [0, 0.1) is 0 Å². The normalized spacial score (nSPS) is 19.6. The molecule has 1 saturated heterocycles. The van der Waals surface area contributed by atoms with Crippen LogP contribution in [0.1, 0.15) is 12.8 Å². The van der Waals surface area contributed by atoms with Crippen molar-refractivity contribution in [3.63, 3.8) is 0 Å². The number of hydrogen-bond donors (Lipinski definition) is 1. The Morgan fingerprint density at radius 1 is 1.53 bits per heavy atom. The van der Waals surface area contributed by atoms with Gasteiger partial charge in [-0.1, -0.05) is 6.07 Å². The molecule has 0 saturated carbocycles. The molecule has 1 fully saturated rings. The molecule has 5 nitrogen and oxygen atoms in total. The van der Waals surface area contributed by atoms with E-state index in [1.165, 1.54) is 0 Å². The van der Waals surface area contributed by atoms with Crippen LogP contribution in [0.3, 0.4) is 0 Å². The highest BCUT2D eigenvalue weighted by Crippen LogP contribution is 2.15. The first-order valence-corrected chi connectivity index (χ1v) is 5.69. The van der Waals surface area contributed by atoms with Gasteiger partial charge in [0.1, 0.15) is 6.10 Å². The standard InChI is InChI=1S/C12H13N3O2/c16-11(10-5-3-7-17-10)14-12-13-8-9-4-1-2-6-15(9)12/h1-2,4,6,8,10H,3,5,7H2,(H,13,14,16). The van der Waals surface area contributed by atoms with Crippen molar-refractivity contribution < 1.29 is 9.53 Å². The summed E-state index contributed by atoms with van der Waals surface area (Å²) in [7, 11) is 0. The number of fused-ring (bicyclic) bond motifs is 1. The Labute approximate surface area is 98.4 Å². The minimum atomic E-state index is -0.328. The molecule has 1 amide bonds. The number of anilines is 1. The van der Waals surface area contributed by atoms with Crippen molar-refractivity contribution in [1.82, 2.24) is 9.38 Å². The number of ether oxygens (including phenoxy) is 1. The lowest BCUT2D eigenvalue weighted by Gasteiger charge is -2.09. The van der Waals surface area contributed by atoms with E-state index in [0.29, 0.717) is 12.6 Å².